The summed E-state index contributed by atoms with van der Waals surface area (Å²) in [6.45, 7) is 7.32. The molecule has 0 aliphatic carbocycles. The third-order valence-electron chi connectivity index (χ3n) is 5.71. The van der Waals surface area contributed by atoms with E-state index in [0.29, 0.717) is 18.8 Å². The smallest absolute Gasteiger partial charge is 0.194 e. The van der Waals surface area contributed by atoms with Gasteiger partial charge in [-0.3, -0.25) is 0 Å². The molecular weight excluding hydrogens is 491 g/mol. The maximum atomic E-state index is 6.16. The van der Waals surface area contributed by atoms with Gasteiger partial charge in [0.1, 0.15) is 0 Å². The Hall–Kier alpha value is -1.06. The number of guanidine groups is 1. The highest BCUT2D eigenvalue weighted by Gasteiger charge is 2.23. The molecule has 2 aliphatic heterocycles. The Morgan fingerprint density at radius 3 is 2.70 bits per heavy atom. The van der Waals surface area contributed by atoms with Gasteiger partial charge in [0.25, 0.3) is 0 Å². The number of hydrogen-bond acceptors (Lipinski definition) is 4. The number of nitrogens with zero attached hydrogens (tertiary/aromatic N) is 3. The SMILES string of the molecule is CCNC(=NCc1cccc(N(C)C)c1)N1CCC(OCC2CCCCO2)CC1.I. The van der Waals surface area contributed by atoms with E-state index in [4.69, 9.17) is 14.5 Å². The maximum Gasteiger partial charge on any atom is 0.194 e. The van der Waals surface area contributed by atoms with Crippen LogP contribution in [-0.4, -0.2) is 70.0 Å². The molecule has 30 heavy (non-hydrogen) atoms. The third kappa shape index (κ3) is 7.89. The van der Waals surface area contributed by atoms with Crippen LogP contribution in [0.2, 0.25) is 0 Å². The van der Waals surface area contributed by atoms with E-state index in [2.05, 4.69) is 60.4 Å². The number of benzene rings is 1. The van der Waals surface area contributed by atoms with Crippen molar-refractivity contribution in [2.45, 2.75) is 57.8 Å². The molecule has 1 unspecified atom stereocenters. The molecule has 1 aromatic carbocycles. The molecule has 7 heteroatoms. The van der Waals surface area contributed by atoms with Gasteiger partial charge in [0.05, 0.1) is 25.4 Å². The summed E-state index contributed by atoms with van der Waals surface area (Å²) >= 11 is 0. The summed E-state index contributed by atoms with van der Waals surface area (Å²) in [5, 5.41) is 3.46. The summed E-state index contributed by atoms with van der Waals surface area (Å²) in [4.78, 5) is 9.40. The van der Waals surface area contributed by atoms with Gasteiger partial charge in [-0.25, -0.2) is 4.99 Å². The zero-order chi connectivity index (χ0) is 20.5. The van der Waals surface area contributed by atoms with Crippen LogP contribution < -0.4 is 10.2 Å². The minimum absolute atomic E-state index is 0. The Morgan fingerprint density at radius 2 is 2.03 bits per heavy atom. The Labute approximate surface area is 199 Å². The summed E-state index contributed by atoms with van der Waals surface area (Å²) in [5.74, 6) is 1.01. The normalized spacial score (nSPS) is 20.6. The molecule has 6 nitrogen and oxygen atoms in total. The highest BCUT2D eigenvalue weighted by molar-refractivity contribution is 14.0. The van der Waals surface area contributed by atoms with Gasteiger partial charge >= 0.3 is 0 Å². The van der Waals surface area contributed by atoms with Crippen molar-refractivity contribution in [3.05, 3.63) is 29.8 Å². The molecule has 0 radical (unpaired) electrons. The molecule has 1 atom stereocenters. The Morgan fingerprint density at radius 1 is 1.23 bits per heavy atom. The lowest BCUT2D eigenvalue weighted by Gasteiger charge is -2.35. The van der Waals surface area contributed by atoms with Crippen molar-refractivity contribution in [2.24, 2.45) is 4.99 Å². The van der Waals surface area contributed by atoms with Crippen LogP contribution >= 0.6 is 24.0 Å². The highest BCUT2D eigenvalue weighted by Crippen LogP contribution is 2.18. The fourth-order valence-electron chi connectivity index (χ4n) is 3.94. The number of anilines is 1. The van der Waals surface area contributed by atoms with Crippen molar-refractivity contribution >= 4 is 35.6 Å². The van der Waals surface area contributed by atoms with Gasteiger partial charge in [-0.2, -0.15) is 0 Å². The zero-order valence-electron chi connectivity index (χ0n) is 18.8. The summed E-state index contributed by atoms with van der Waals surface area (Å²) in [6, 6.07) is 8.58. The number of rotatable bonds is 7. The topological polar surface area (TPSA) is 49.3 Å². The lowest BCUT2D eigenvalue weighted by molar-refractivity contribution is -0.0721. The zero-order valence-corrected chi connectivity index (χ0v) is 21.1. The largest absolute Gasteiger partial charge is 0.378 e. The van der Waals surface area contributed by atoms with E-state index in [1.807, 2.05) is 0 Å². The van der Waals surface area contributed by atoms with E-state index in [0.717, 1.165) is 58.1 Å². The van der Waals surface area contributed by atoms with Gasteiger partial charge in [-0.15, -0.1) is 24.0 Å². The molecular formula is C23H39IN4O2. The molecule has 0 spiro atoms. The van der Waals surface area contributed by atoms with Gasteiger partial charge < -0.3 is 24.6 Å². The second-order valence-corrected chi connectivity index (χ2v) is 8.24. The predicted octanol–water partition coefficient (Wildman–Crippen LogP) is 3.89. The van der Waals surface area contributed by atoms with Crippen molar-refractivity contribution in [3.8, 4) is 0 Å². The highest BCUT2D eigenvalue weighted by atomic mass is 127. The standard InChI is InChI=1S/C23H38N4O2.HI/c1-4-24-23(25-17-19-8-7-9-20(16-19)26(2)3)27-13-11-21(12-14-27)29-18-22-10-5-6-15-28-22;/h7-9,16,21-22H,4-6,10-15,17-18H2,1-3H3,(H,24,25);1H. The van der Waals surface area contributed by atoms with E-state index >= 15 is 0 Å². The number of aliphatic imine (C=N–C) groups is 1. The average molecular weight is 530 g/mol. The first-order chi connectivity index (χ1) is 14.2. The summed E-state index contributed by atoms with van der Waals surface area (Å²) in [7, 11) is 4.14. The molecule has 0 aromatic heterocycles. The van der Waals surface area contributed by atoms with E-state index in [-0.39, 0.29) is 24.0 Å². The van der Waals surface area contributed by atoms with Gasteiger partial charge in [-0.1, -0.05) is 12.1 Å². The number of hydrogen-bond donors (Lipinski definition) is 1. The first-order valence-electron chi connectivity index (χ1n) is 11.2. The van der Waals surface area contributed by atoms with E-state index in [9.17, 15) is 0 Å². The van der Waals surface area contributed by atoms with E-state index in [1.165, 1.54) is 24.1 Å². The van der Waals surface area contributed by atoms with Gasteiger partial charge in [-0.05, 0) is 56.7 Å². The Bertz CT molecular complexity index is 642. The van der Waals surface area contributed by atoms with Crippen LogP contribution in [0.1, 0.15) is 44.6 Å². The molecule has 2 saturated heterocycles. The number of ether oxygens (including phenoxy) is 2. The molecule has 0 saturated carbocycles. The molecule has 2 fully saturated rings. The number of nitrogens with one attached hydrogen (secondary N) is 1. The molecule has 2 aliphatic rings. The maximum absolute atomic E-state index is 6.16. The van der Waals surface area contributed by atoms with Crippen LogP contribution in [0, 0.1) is 0 Å². The lowest BCUT2D eigenvalue weighted by Crippen LogP contribution is -2.47. The molecule has 1 N–H and O–H groups in total. The summed E-state index contributed by atoms with van der Waals surface area (Å²) in [6.07, 6.45) is 6.36. The van der Waals surface area contributed by atoms with Crippen molar-refractivity contribution in [2.75, 3.05) is 51.8 Å². The number of halogens is 1. The molecule has 170 valence electrons. The molecule has 0 amide bonds. The van der Waals surface area contributed by atoms with Crippen molar-refractivity contribution in [1.82, 2.24) is 10.2 Å². The number of likely N-dealkylation sites (tertiary alicyclic amines) is 1. The average Bonchev–Trinajstić information content (AvgIpc) is 2.76. The van der Waals surface area contributed by atoms with Crippen LogP contribution in [0.5, 0.6) is 0 Å². The Balaban J connectivity index is 0.00000320. The number of piperidine rings is 1. The quantitative estimate of drug-likeness (QED) is 0.330. The van der Waals surface area contributed by atoms with Gasteiger partial charge in [0, 0.05) is 46.0 Å². The minimum Gasteiger partial charge on any atom is -0.378 e. The van der Waals surface area contributed by atoms with E-state index in [1.54, 1.807) is 0 Å². The van der Waals surface area contributed by atoms with Crippen LogP contribution in [0.3, 0.4) is 0 Å². The monoisotopic (exact) mass is 530 g/mol. The predicted molar refractivity (Wildman–Crippen MR) is 135 cm³/mol. The van der Waals surface area contributed by atoms with Crippen LogP contribution in [0.15, 0.2) is 29.3 Å². The molecule has 2 heterocycles. The third-order valence-corrected chi connectivity index (χ3v) is 5.71. The fourth-order valence-corrected chi connectivity index (χ4v) is 3.94. The first kappa shape index (κ1) is 25.2. The Kier molecular flexibility index (Phi) is 11.2. The lowest BCUT2D eigenvalue weighted by atomic mass is 10.1. The first-order valence-corrected chi connectivity index (χ1v) is 11.2. The van der Waals surface area contributed by atoms with Crippen molar-refractivity contribution in [3.63, 3.8) is 0 Å². The van der Waals surface area contributed by atoms with Crippen molar-refractivity contribution in [1.29, 1.82) is 0 Å². The second kappa shape index (κ2) is 13.4. The van der Waals surface area contributed by atoms with Crippen LogP contribution in [0.25, 0.3) is 0 Å². The molecule has 0 bridgehead atoms. The van der Waals surface area contributed by atoms with Crippen LogP contribution in [0.4, 0.5) is 5.69 Å². The second-order valence-electron chi connectivity index (χ2n) is 8.24. The molecule has 3 rings (SSSR count). The summed E-state index contributed by atoms with van der Waals surface area (Å²) < 4.78 is 11.9. The minimum atomic E-state index is 0. The van der Waals surface area contributed by atoms with Crippen LogP contribution in [-0.2, 0) is 16.0 Å². The van der Waals surface area contributed by atoms with E-state index < -0.39 is 0 Å². The fraction of sp³-hybridized carbons (Fsp3) is 0.696. The van der Waals surface area contributed by atoms with Crippen molar-refractivity contribution < 1.29 is 9.47 Å². The molecule has 1 aromatic rings. The summed E-state index contributed by atoms with van der Waals surface area (Å²) in [5.41, 5.74) is 2.44. The van der Waals surface area contributed by atoms with Gasteiger partial charge in [0.2, 0.25) is 0 Å². The van der Waals surface area contributed by atoms with Gasteiger partial charge in [0.15, 0.2) is 5.96 Å².